The van der Waals surface area contributed by atoms with Crippen molar-refractivity contribution in [3.05, 3.63) is 54.6 Å². The minimum Gasteiger partial charge on any atom is -0.374 e. The molecule has 1 amide bonds. The van der Waals surface area contributed by atoms with E-state index in [1.165, 1.54) is 4.90 Å². The molecule has 168 valence electrons. The number of pyridine rings is 1. The zero-order chi connectivity index (χ0) is 23.0. The van der Waals surface area contributed by atoms with Gasteiger partial charge in [-0.3, -0.25) is 9.48 Å². The summed E-state index contributed by atoms with van der Waals surface area (Å²) in [4.78, 5) is 27.3. The molecule has 1 saturated heterocycles. The van der Waals surface area contributed by atoms with Crippen LogP contribution in [0.2, 0.25) is 0 Å². The molecule has 1 aliphatic rings. The van der Waals surface area contributed by atoms with Gasteiger partial charge in [-0.1, -0.05) is 11.2 Å². The molecule has 0 bridgehead atoms. The van der Waals surface area contributed by atoms with Crippen LogP contribution in [0.25, 0.3) is 22.8 Å². The Morgan fingerprint density at radius 2 is 2.03 bits per heavy atom. The Balaban J connectivity index is 1.40. The Morgan fingerprint density at radius 1 is 1.21 bits per heavy atom. The van der Waals surface area contributed by atoms with Crippen molar-refractivity contribution in [2.75, 3.05) is 18.9 Å². The Bertz CT molecular complexity index is 1320. The summed E-state index contributed by atoms with van der Waals surface area (Å²) in [6.45, 7) is 3.23. The van der Waals surface area contributed by atoms with E-state index in [0.29, 0.717) is 35.3 Å². The van der Waals surface area contributed by atoms with Gasteiger partial charge in [0.25, 0.3) is 5.91 Å². The molecule has 4 aromatic heterocycles. The number of nitrogens with zero attached hydrogens (tertiary/aromatic N) is 7. The quantitative estimate of drug-likeness (QED) is 0.457. The number of carbonyl (C=O) groups is 1. The summed E-state index contributed by atoms with van der Waals surface area (Å²) >= 11 is 0. The molecule has 4 aromatic rings. The fraction of sp³-hybridized carbons (Fsp3) is 0.273. The highest BCUT2D eigenvalue weighted by Crippen LogP contribution is 2.34. The summed E-state index contributed by atoms with van der Waals surface area (Å²) < 4.78 is 7.22. The SMILES string of the molecule is CCn1cc(Nc2nccc(-c3cccc(-c4cc([C@]5(O)CCN(C)C5=O)no4)n3)n2)cn1. The Morgan fingerprint density at radius 3 is 2.79 bits per heavy atom. The maximum absolute atomic E-state index is 12.3. The monoisotopic (exact) mass is 446 g/mol. The number of hydrogen-bond donors (Lipinski definition) is 2. The molecular weight excluding hydrogens is 424 g/mol. The van der Waals surface area contributed by atoms with Crippen molar-refractivity contribution in [3.8, 4) is 22.8 Å². The standard InChI is InChI=1S/C22H22N8O3/c1-3-30-13-14(12-24-30)25-21-23-9-7-16(27-21)15-5-4-6-17(26-15)18-11-19(28-33-18)22(32)8-10-29(2)20(22)31/h4-7,9,11-13,32H,3,8,10H2,1-2H3,(H,23,25,27)/t22-/m1/s1. The van der Waals surface area contributed by atoms with Crippen LogP contribution >= 0.6 is 0 Å². The molecule has 0 aromatic carbocycles. The van der Waals surface area contributed by atoms with Crippen LogP contribution in [-0.2, 0) is 16.9 Å². The van der Waals surface area contributed by atoms with Crippen molar-refractivity contribution < 1.29 is 14.4 Å². The molecular formula is C22H22N8O3. The van der Waals surface area contributed by atoms with Crippen molar-refractivity contribution in [2.45, 2.75) is 25.5 Å². The van der Waals surface area contributed by atoms with Gasteiger partial charge in [-0.05, 0) is 25.1 Å². The largest absolute Gasteiger partial charge is 0.374 e. The number of rotatable bonds is 6. The molecule has 0 spiro atoms. The molecule has 5 heterocycles. The lowest BCUT2D eigenvalue weighted by atomic mass is 9.97. The highest BCUT2D eigenvalue weighted by Gasteiger charge is 2.47. The first-order valence-electron chi connectivity index (χ1n) is 10.5. The summed E-state index contributed by atoms with van der Waals surface area (Å²) in [5.41, 5.74) is 1.02. The number of amides is 1. The summed E-state index contributed by atoms with van der Waals surface area (Å²) in [6, 6.07) is 8.73. The second kappa shape index (κ2) is 8.10. The summed E-state index contributed by atoms with van der Waals surface area (Å²) in [5.74, 6) is 0.375. The number of likely N-dealkylation sites (tertiary alicyclic amines) is 1. The molecule has 0 aliphatic carbocycles. The van der Waals surface area contributed by atoms with E-state index in [1.54, 1.807) is 42.3 Å². The molecule has 1 fully saturated rings. The Kier molecular flexibility index (Phi) is 5.09. The topological polar surface area (TPSA) is 135 Å². The van der Waals surface area contributed by atoms with E-state index in [0.717, 1.165) is 12.2 Å². The minimum atomic E-state index is -1.67. The minimum absolute atomic E-state index is 0.181. The molecule has 33 heavy (non-hydrogen) atoms. The molecule has 0 saturated carbocycles. The van der Waals surface area contributed by atoms with Gasteiger partial charge in [0.05, 0.1) is 23.3 Å². The smallest absolute Gasteiger partial charge is 0.260 e. The maximum atomic E-state index is 12.3. The molecule has 11 nitrogen and oxygen atoms in total. The lowest BCUT2D eigenvalue weighted by molar-refractivity contribution is -0.143. The van der Waals surface area contributed by atoms with Crippen LogP contribution in [0.1, 0.15) is 19.0 Å². The number of aryl methyl sites for hydroxylation is 1. The number of nitrogens with one attached hydrogen (secondary N) is 1. The number of carbonyl (C=O) groups excluding carboxylic acids is 1. The number of aromatic nitrogens is 6. The zero-order valence-electron chi connectivity index (χ0n) is 18.1. The van der Waals surface area contributed by atoms with Crippen LogP contribution in [-0.4, -0.2) is 59.4 Å². The fourth-order valence-electron chi connectivity index (χ4n) is 3.69. The summed E-state index contributed by atoms with van der Waals surface area (Å²) in [7, 11) is 1.65. The lowest BCUT2D eigenvalue weighted by Gasteiger charge is -2.16. The first-order chi connectivity index (χ1) is 16.0. The molecule has 1 aliphatic heterocycles. The van der Waals surface area contributed by atoms with Crippen molar-refractivity contribution >= 4 is 17.5 Å². The van der Waals surface area contributed by atoms with Gasteiger partial charge >= 0.3 is 0 Å². The predicted octanol–water partition coefficient (Wildman–Crippen LogP) is 2.20. The van der Waals surface area contributed by atoms with Gasteiger partial charge in [-0.25, -0.2) is 15.0 Å². The third-order valence-corrected chi connectivity index (χ3v) is 5.58. The van der Waals surface area contributed by atoms with Crippen molar-refractivity contribution in [3.63, 3.8) is 0 Å². The zero-order valence-corrected chi connectivity index (χ0v) is 18.1. The van der Waals surface area contributed by atoms with Gasteiger partial charge in [0, 0.05) is 45.0 Å². The van der Waals surface area contributed by atoms with Crippen LogP contribution in [0.4, 0.5) is 11.6 Å². The van der Waals surface area contributed by atoms with Crippen LogP contribution in [0.5, 0.6) is 0 Å². The summed E-state index contributed by atoms with van der Waals surface area (Å²) in [5, 5.41) is 22.1. The van der Waals surface area contributed by atoms with E-state index in [1.807, 2.05) is 25.3 Å². The van der Waals surface area contributed by atoms with E-state index in [9.17, 15) is 9.90 Å². The van der Waals surface area contributed by atoms with E-state index in [-0.39, 0.29) is 12.1 Å². The van der Waals surface area contributed by atoms with Gasteiger partial charge in [0.2, 0.25) is 5.95 Å². The van der Waals surface area contributed by atoms with E-state index < -0.39 is 11.5 Å². The van der Waals surface area contributed by atoms with E-state index in [2.05, 4.69) is 30.5 Å². The van der Waals surface area contributed by atoms with E-state index >= 15 is 0 Å². The van der Waals surface area contributed by atoms with Crippen molar-refractivity contribution in [1.29, 1.82) is 0 Å². The third-order valence-electron chi connectivity index (χ3n) is 5.58. The lowest BCUT2D eigenvalue weighted by Crippen LogP contribution is -2.36. The Hall–Kier alpha value is -4.12. The Labute approximate surface area is 189 Å². The first kappa shape index (κ1) is 20.8. The van der Waals surface area contributed by atoms with Gasteiger partial charge in [0.1, 0.15) is 11.4 Å². The van der Waals surface area contributed by atoms with E-state index in [4.69, 9.17) is 4.52 Å². The maximum Gasteiger partial charge on any atom is 0.260 e. The van der Waals surface area contributed by atoms with Gasteiger partial charge < -0.3 is 19.8 Å². The average Bonchev–Trinajstić information content (AvgIpc) is 3.57. The second-order valence-corrected chi connectivity index (χ2v) is 7.80. The third kappa shape index (κ3) is 3.82. The predicted molar refractivity (Wildman–Crippen MR) is 118 cm³/mol. The fourth-order valence-corrected chi connectivity index (χ4v) is 3.69. The second-order valence-electron chi connectivity index (χ2n) is 7.80. The van der Waals surface area contributed by atoms with Crippen LogP contribution < -0.4 is 5.32 Å². The molecule has 1 atom stereocenters. The molecule has 0 radical (unpaired) electrons. The van der Waals surface area contributed by atoms with Crippen molar-refractivity contribution in [2.24, 2.45) is 0 Å². The van der Waals surface area contributed by atoms with Gasteiger partial charge in [0.15, 0.2) is 11.4 Å². The molecule has 0 unspecified atom stereocenters. The van der Waals surface area contributed by atoms with Gasteiger partial charge in [-0.15, -0.1) is 0 Å². The highest BCUT2D eigenvalue weighted by atomic mass is 16.5. The number of aliphatic hydroxyl groups is 1. The van der Waals surface area contributed by atoms with Gasteiger partial charge in [-0.2, -0.15) is 5.10 Å². The summed E-state index contributed by atoms with van der Waals surface area (Å²) in [6.07, 6.45) is 5.49. The molecule has 5 rings (SSSR count). The number of anilines is 2. The highest BCUT2D eigenvalue weighted by molar-refractivity contribution is 5.88. The normalized spacial score (nSPS) is 18.2. The van der Waals surface area contributed by atoms with Crippen LogP contribution in [0.15, 0.2) is 53.4 Å². The number of likely N-dealkylation sites (N-methyl/N-ethyl adjacent to an activating group) is 1. The van der Waals surface area contributed by atoms with Crippen LogP contribution in [0, 0.1) is 0 Å². The molecule has 2 N–H and O–H groups in total. The van der Waals surface area contributed by atoms with Crippen LogP contribution in [0.3, 0.4) is 0 Å². The number of hydrogen-bond acceptors (Lipinski definition) is 9. The van der Waals surface area contributed by atoms with Crippen molar-refractivity contribution in [1.82, 2.24) is 34.8 Å². The average molecular weight is 446 g/mol. The molecule has 11 heteroatoms. The first-order valence-corrected chi connectivity index (χ1v) is 10.5.